The van der Waals surface area contributed by atoms with Gasteiger partial charge in [-0.05, 0) is 20.8 Å². The van der Waals surface area contributed by atoms with Gasteiger partial charge >= 0.3 is 18.0 Å². The highest BCUT2D eigenvalue weighted by Crippen LogP contribution is 2.22. The van der Waals surface area contributed by atoms with Gasteiger partial charge in [0.25, 0.3) is 0 Å². The van der Waals surface area contributed by atoms with Crippen LogP contribution < -0.4 is 4.90 Å². The lowest BCUT2D eigenvalue weighted by molar-refractivity contribution is -0.135. The molecule has 0 fully saturated rings. The normalized spacial score (nSPS) is 10.9. The Kier molecular flexibility index (Phi) is 4.66. The van der Waals surface area contributed by atoms with Crippen molar-refractivity contribution >= 4 is 34.5 Å². The summed E-state index contributed by atoms with van der Waals surface area (Å²) in [5.41, 5.74) is -1.07. The quantitative estimate of drug-likeness (QED) is 0.868. The molecule has 0 unspecified atom stereocenters. The first-order valence-corrected chi connectivity index (χ1v) is 6.39. The second-order valence-electron chi connectivity index (χ2n) is 4.78. The van der Waals surface area contributed by atoms with Gasteiger partial charge in [-0.15, -0.1) is 11.3 Å². The van der Waals surface area contributed by atoms with Crippen molar-refractivity contribution in [1.82, 2.24) is 4.98 Å². The molecule has 0 saturated heterocycles. The molecular formula is C11H14N2O6S. The number of hydrogen-bond acceptors (Lipinski definition) is 6. The van der Waals surface area contributed by atoms with E-state index in [1.54, 1.807) is 20.8 Å². The summed E-state index contributed by atoms with van der Waals surface area (Å²) in [7, 11) is 0. The van der Waals surface area contributed by atoms with E-state index in [1.165, 1.54) is 5.38 Å². The van der Waals surface area contributed by atoms with Crippen LogP contribution in [0.4, 0.5) is 9.93 Å². The summed E-state index contributed by atoms with van der Waals surface area (Å²) < 4.78 is 5.07. The van der Waals surface area contributed by atoms with Crippen LogP contribution in [0.15, 0.2) is 5.38 Å². The number of aromatic nitrogens is 1. The molecule has 0 bridgehead atoms. The van der Waals surface area contributed by atoms with Gasteiger partial charge in [-0.3, -0.25) is 4.79 Å². The van der Waals surface area contributed by atoms with Crippen molar-refractivity contribution in [2.45, 2.75) is 26.4 Å². The number of nitrogens with zero attached hydrogens (tertiary/aromatic N) is 2. The molecule has 0 radical (unpaired) electrons. The van der Waals surface area contributed by atoms with Gasteiger partial charge in [-0.25, -0.2) is 19.5 Å². The highest BCUT2D eigenvalue weighted by Gasteiger charge is 2.27. The molecule has 1 amide bonds. The lowest BCUT2D eigenvalue weighted by Gasteiger charge is -2.24. The Bertz CT molecular complexity index is 533. The van der Waals surface area contributed by atoms with E-state index < -0.39 is 30.2 Å². The molecule has 0 saturated carbocycles. The Morgan fingerprint density at radius 3 is 2.35 bits per heavy atom. The zero-order chi connectivity index (χ0) is 15.5. The molecule has 0 aromatic carbocycles. The van der Waals surface area contributed by atoms with E-state index >= 15 is 0 Å². The summed E-state index contributed by atoms with van der Waals surface area (Å²) in [6, 6.07) is 0. The second-order valence-corrected chi connectivity index (χ2v) is 5.62. The number of rotatable bonds is 4. The smallest absolute Gasteiger partial charge is 0.417 e. The first-order valence-electron chi connectivity index (χ1n) is 5.51. The predicted molar refractivity (Wildman–Crippen MR) is 70.3 cm³/mol. The SMILES string of the molecule is CC(C)(C)OC(=O)N(CC(=O)O)c1nc(C(=O)O)cs1. The number of carbonyl (C=O) groups excluding carboxylic acids is 1. The molecule has 2 N–H and O–H groups in total. The van der Waals surface area contributed by atoms with E-state index in [9.17, 15) is 14.4 Å². The highest BCUT2D eigenvalue weighted by molar-refractivity contribution is 7.14. The third-order valence-electron chi connectivity index (χ3n) is 1.85. The number of carboxylic acids is 2. The molecule has 0 aliphatic rings. The molecule has 1 aromatic heterocycles. The standard InChI is InChI=1S/C11H14N2O6S/c1-11(2,3)19-10(18)13(4-7(14)15)9-12-6(5-20-9)8(16)17/h5H,4H2,1-3H3,(H,14,15)(H,16,17). The summed E-state index contributed by atoms with van der Waals surface area (Å²) in [6.07, 6.45) is -0.897. The summed E-state index contributed by atoms with van der Waals surface area (Å²) >= 11 is 0.852. The molecule has 0 spiro atoms. The molecule has 0 aliphatic carbocycles. The van der Waals surface area contributed by atoms with Crippen molar-refractivity contribution in [3.63, 3.8) is 0 Å². The van der Waals surface area contributed by atoms with Crippen LogP contribution in [-0.2, 0) is 9.53 Å². The minimum Gasteiger partial charge on any atom is -0.480 e. The van der Waals surface area contributed by atoms with Crippen molar-refractivity contribution in [2.24, 2.45) is 0 Å². The molecule has 110 valence electrons. The topological polar surface area (TPSA) is 117 Å². The Morgan fingerprint density at radius 2 is 1.95 bits per heavy atom. The van der Waals surface area contributed by atoms with Gasteiger partial charge < -0.3 is 14.9 Å². The van der Waals surface area contributed by atoms with Crippen LogP contribution in [0.25, 0.3) is 0 Å². The van der Waals surface area contributed by atoms with Crippen LogP contribution in [0.1, 0.15) is 31.3 Å². The van der Waals surface area contributed by atoms with Crippen LogP contribution in [0, 0.1) is 0 Å². The summed E-state index contributed by atoms with van der Waals surface area (Å²) in [6.45, 7) is 4.23. The van der Waals surface area contributed by atoms with Gasteiger partial charge in [0.1, 0.15) is 12.1 Å². The summed E-state index contributed by atoms with van der Waals surface area (Å²) in [5.74, 6) is -2.52. The molecule has 1 aromatic rings. The number of carbonyl (C=O) groups is 3. The number of hydrogen-bond donors (Lipinski definition) is 2. The monoisotopic (exact) mass is 302 g/mol. The number of ether oxygens (including phenoxy) is 1. The fourth-order valence-electron chi connectivity index (χ4n) is 1.15. The molecule has 0 aliphatic heterocycles. The van der Waals surface area contributed by atoms with E-state index in [4.69, 9.17) is 14.9 Å². The first-order chi connectivity index (χ1) is 9.10. The first kappa shape index (κ1) is 15.9. The Hall–Kier alpha value is -2.16. The average Bonchev–Trinajstić information content (AvgIpc) is 2.71. The zero-order valence-electron chi connectivity index (χ0n) is 11.1. The van der Waals surface area contributed by atoms with Gasteiger partial charge in [-0.2, -0.15) is 0 Å². The van der Waals surface area contributed by atoms with Crippen molar-refractivity contribution in [3.8, 4) is 0 Å². The molecule has 8 nitrogen and oxygen atoms in total. The third kappa shape index (κ3) is 4.50. The molecule has 0 atom stereocenters. The summed E-state index contributed by atoms with van der Waals surface area (Å²) in [5, 5.41) is 18.8. The van der Waals surface area contributed by atoms with E-state index in [1.807, 2.05) is 0 Å². The fourth-order valence-corrected chi connectivity index (χ4v) is 1.94. The molecule has 9 heteroatoms. The van der Waals surface area contributed by atoms with Crippen molar-refractivity contribution in [1.29, 1.82) is 0 Å². The van der Waals surface area contributed by atoms with Crippen LogP contribution in [0.5, 0.6) is 0 Å². The van der Waals surface area contributed by atoms with Crippen molar-refractivity contribution in [3.05, 3.63) is 11.1 Å². The second kappa shape index (κ2) is 5.87. The molecular weight excluding hydrogens is 288 g/mol. The van der Waals surface area contributed by atoms with Gasteiger partial charge in [0, 0.05) is 5.38 Å². The van der Waals surface area contributed by atoms with E-state index in [2.05, 4.69) is 4.98 Å². The Labute approximate surface area is 118 Å². The van der Waals surface area contributed by atoms with Crippen molar-refractivity contribution < 1.29 is 29.3 Å². The maximum atomic E-state index is 11.9. The largest absolute Gasteiger partial charge is 0.480 e. The lowest BCUT2D eigenvalue weighted by atomic mass is 10.2. The lowest BCUT2D eigenvalue weighted by Crippen LogP contribution is -2.40. The van der Waals surface area contributed by atoms with Crippen LogP contribution in [0.2, 0.25) is 0 Å². The van der Waals surface area contributed by atoms with Crippen LogP contribution in [0.3, 0.4) is 0 Å². The number of aliphatic carboxylic acids is 1. The average molecular weight is 302 g/mol. The maximum Gasteiger partial charge on any atom is 0.417 e. The zero-order valence-corrected chi connectivity index (χ0v) is 11.9. The molecule has 1 rings (SSSR count). The predicted octanol–water partition coefficient (Wildman–Crippen LogP) is 1.67. The van der Waals surface area contributed by atoms with E-state index in [0.717, 1.165) is 16.2 Å². The van der Waals surface area contributed by atoms with Crippen molar-refractivity contribution in [2.75, 3.05) is 11.4 Å². The van der Waals surface area contributed by atoms with Gasteiger partial charge in [0.05, 0.1) is 0 Å². The maximum absolute atomic E-state index is 11.9. The Balaban J connectivity index is 3.01. The number of thiazole rings is 1. The van der Waals surface area contributed by atoms with Gasteiger partial charge in [-0.1, -0.05) is 0 Å². The summed E-state index contributed by atoms with van der Waals surface area (Å²) in [4.78, 5) is 38.0. The van der Waals surface area contributed by atoms with Crippen LogP contribution >= 0.6 is 11.3 Å². The number of amides is 1. The third-order valence-corrected chi connectivity index (χ3v) is 2.71. The van der Waals surface area contributed by atoms with Crippen LogP contribution in [-0.4, -0.2) is 45.4 Å². The minimum atomic E-state index is -1.26. The molecule has 1 heterocycles. The van der Waals surface area contributed by atoms with E-state index in [-0.39, 0.29) is 10.8 Å². The number of anilines is 1. The van der Waals surface area contributed by atoms with E-state index in [0.29, 0.717) is 0 Å². The highest BCUT2D eigenvalue weighted by atomic mass is 32.1. The number of carboxylic acid groups (broad SMARTS) is 2. The fraction of sp³-hybridized carbons (Fsp3) is 0.455. The number of aromatic carboxylic acids is 1. The van der Waals surface area contributed by atoms with Gasteiger partial charge in [0.15, 0.2) is 10.8 Å². The Morgan fingerprint density at radius 1 is 1.35 bits per heavy atom. The minimum absolute atomic E-state index is 0.0425. The molecule has 20 heavy (non-hydrogen) atoms. The van der Waals surface area contributed by atoms with Gasteiger partial charge in [0.2, 0.25) is 0 Å².